The van der Waals surface area contributed by atoms with Crippen LogP contribution in [0.1, 0.15) is 19.4 Å². The second-order valence-electron chi connectivity index (χ2n) is 4.83. The topological polar surface area (TPSA) is 87.5 Å². The zero-order valence-electron chi connectivity index (χ0n) is 12.9. The summed E-state index contributed by atoms with van der Waals surface area (Å²) in [4.78, 5) is 25.7. The van der Waals surface area contributed by atoms with Crippen LogP contribution in [0.4, 0.5) is 11.4 Å². The van der Waals surface area contributed by atoms with Crippen molar-refractivity contribution in [3.8, 4) is 0 Å². The molecular formula is C15H24N4O2. The Labute approximate surface area is 125 Å². The van der Waals surface area contributed by atoms with Crippen molar-refractivity contribution in [3.63, 3.8) is 0 Å². The van der Waals surface area contributed by atoms with E-state index in [0.29, 0.717) is 17.9 Å². The highest BCUT2D eigenvalue weighted by molar-refractivity contribution is 6.39. The first-order chi connectivity index (χ1) is 9.97. The summed E-state index contributed by atoms with van der Waals surface area (Å²) in [5.74, 6) is -1.35. The molecule has 0 saturated carbocycles. The van der Waals surface area contributed by atoms with Gasteiger partial charge in [0.1, 0.15) is 0 Å². The summed E-state index contributed by atoms with van der Waals surface area (Å²) >= 11 is 0. The van der Waals surface area contributed by atoms with Gasteiger partial charge >= 0.3 is 11.8 Å². The van der Waals surface area contributed by atoms with E-state index in [4.69, 9.17) is 5.73 Å². The highest BCUT2D eigenvalue weighted by Crippen LogP contribution is 2.19. The number of hydrogen-bond acceptors (Lipinski definition) is 4. The first-order valence-electron chi connectivity index (χ1n) is 7.15. The molecule has 4 N–H and O–H groups in total. The second kappa shape index (κ2) is 8.26. The van der Waals surface area contributed by atoms with Crippen LogP contribution in [0.3, 0.4) is 0 Å². The van der Waals surface area contributed by atoms with Gasteiger partial charge in [-0.25, -0.2) is 0 Å². The Morgan fingerprint density at radius 3 is 2.48 bits per heavy atom. The number of aryl methyl sites for hydroxylation is 1. The van der Waals surface area contributed by atoms with E-state index >= 15 is 0 Å². The quantitative estimate of drug-likeness (QED) is 0.538. The number of carbonyl (C=O) groups excluding carboxylic acids is 2. The molecule has 116 valence electrons. The van der Waals surface area contributed by atoms with Gasteiger partial charge in [-0.05, 0) is 37.7 Å². The highest BCUT2D eigenvalue weighted by atomic mass is 16.2. The van der Waals surface area contributed by atoms with Gasteiger partial charge in [0.25, 0.3) is 0 Å². The third-order valence-corrected chi connectivity index (χ3v) is 3.27. The monoisotopic (exact) mass is 292 g/mol. The Morgan fingerprint density at radius 1 is 1.19 bits per heavy atom. The summed E-state index contributed by atoms with van der Waals surface area (Å²) < 4.78 is 0. The number of nitrogens with zero attached hydrogens (tertiary/aromatic N) is 1. The largest absolute Gasteiger partial charge is 0.397 e. The molecule has 21 heavy (non-hydrogen) atoms. The molecule has 6 heteroatoms. The molecule has 0 aliphatic carbocycles. The predicted octanol–water partition coefficient (Wildman–Crippen LogP) is 0.974. The number of carbonyl (C=O) groups is 2. The Balaban J connectivity index is 2.48. The van der Waals surface area contributed by atoms with Crippen molar-refractivity contribution in [2.24, 2.45) is 0 Å². The van der Waals surface area contributed by atoms with Crippen LogP contribution < -0.4 is 16.4 Å². The van der Waals surface area contributed by atoms with Crippen LogP contribution in [-0.2, 0) is 9.59 Å². The number of rotatable bonds is 6. The molecule has 6 nitrogen and oxygen atoms in total. The van der Waals surface area contributed by atoms with E-state index in [2.05, 4.69) is 29.4 Å². The fraction of sp³-hybridized carbons (Fsp3) is 0.467. The van der Waals surface area contributed by atoms with E-state index < -0.39 is 11.8 Å². The summed E-state index contributed by atoms with van der Waals surface area (Å²) in [6.45, 7) is 8.99. The summed E-state index contributed by atoms with van der Waals surface area (Å²) in [5.41, 5.74) is 7.61. The minimum absolute atomic E-state index is 0.435. The number of amides is 2. The Hall–Kier alpha value is -2.08. The van der Waals surface area contributed by atoms with E-state index in [1.807, 2.05) is 13.0 Å². The first-order valence-corrected chi connectivity index (χ1v) is 7.15. The van der Waals surface area contributed by atoms with Gasteiger partial charge in [-0.1, -0.05) is 19.9 Å². The molecule has 1 rings (SSSR count). The van der Waals surface area contributed by atoms with Gasteiger partial charge in [-0.3, -0.25) is 9.59 Å². The van der Waals surface area contributed by atoms with Crippen LogP contribution in [0.2, 0.25) is 0 Å². The average molecular weight is 292 g/mol. The molecule has 1 aromatic rings. The molecule has 0 fully saturated rings. The number of nitrogens with two attached hydrogens (primary N) is 1. The normalized spacial score (nSPS) is 10.5. The van der Waals surface area contributed by atoms with Crippen molar-refractivity contribution in [2.75, 3.05) is 37.2 Å². The van der Waals surface area contributed by atoms with Gasteiger partial charge in [-0.15, -0.1) is 0 Å². The lowest BCUT2D eigenvalue weighted by molar-refractivity contribution is -0.136. The SMILES string of the molecule is CCN(CC)CCNC(=O)C(=O)Nc1cc(C)ccc1N. The van der Waals surface area contributed by atoms with E-state index in [-0.39, 0.29) is 0 Å². The van der Waals surface area contributed by atoms with Gasteiger partial charge in [0.15, 0.2) is 0 Å². The number of nitrogens with one attached hydrogen (secondary N) is 2. The Morgan fingerprint density at radius 2 is 1.86 bits per heavy atom. The van der Waals surface area contributed by atoms with Crippen LogP contribution in [-0.4, -0.2) is 42.9 Å². The van der Waals surface area contributed by atoms with Crippen LogP contribution in [0, 0.1) is 6.92 Å². The highest BCUT2D eigenvalue weighted by Gasteiger charge is 2.14. The fourth-order valence-electron chi connectivity index (χ4n) is 1.91. The fourth-order valence-corrected chi connectivity index (χ4v) is 1.91. The number of anilines is 2. The van der Waals surface area contributed by atoms with Gasteiger partial charge in [0.2, 0.25) is 0 Å². The molecule has 0 spiro atoms. The lowest BCUT2D eigenvalue weighted by atomic mass is 10.2. The summed E-state index contributed by atoms with van der Waals surface area (Å²) in [6.07, 6.45) is 0. The van der Waals surface area contributed by atoms with E-state index in [1.165, 1.54) is 0 Å². The van der Waals surface area contributed by atoms with E-state index in [9.17, 15) is 9.59 Å². The molecule has 2 amide bonds. The number of hydrogen-bond donors (Lipinski definition) is 3. The lowest BCUT2D eigenvalue weighted by Crippen LogP contribution is -2.40. The molecule has 0 radical (unpaired) electrons. The second-order valence-corrected chi connectivity index (χ2v) is 4.83. The summed E-state index contributed by atoms with van der Waals surface area (Å²) in [7, 11) is 0. The van der Waals surface area contributed by atoms with Gasteiger partial charge in [0.05, 0.1) is 11.4 Å². The molecule has 0 bridgehead atoms. The maximum absolute atomic E-state index is 11.8. The van der Waals surface area contributed by atoms with Crippen molar-refractivity contribution in [1.29, 1.82) is 0 Å². The van der Waals surface area contributed by atoms with Gasteiger partial charge in [-0.2, -0.15) is 0 Å². The molecule has 0 atom stereocenters. The number of likely N-dealkylation sites (N-methyl/N-ethyl adjacent to an activating group) is 1. The summed E-state index contributed by atoms with van der Waals surface area (Å²) in [6, 6.07) is 5.27. The zero-order valence-corrected chi connectivity index (χ0v) is 12.9. The summed E-state index contributed by atoms with van der Waals surface area (Å²) in [5, 5.41) is 5.13. The third-order valence-electron chi connectivity index (χ3n) is 3.27. The van der Waals surface area contributed by atoms with Crippen LogP contribution in [0.15, 0.2) is 18.2 Å². The Kier molecular flexibility index (Phi) is 6.68. The van der Waals surface area contributed by atoms with Crippen molar-refractivity contribution in [2.45, 2.75) is 20.8 Å². The van der Waals surface area contributed by atoms with Crippen molar-refractivity contribution in [3.05, 3.63) is 23.8 Å². The number of benzene rings is 1. The Bertz CT molecular complexity index is 498. The van der Waals surface area contributed by atoms with Gasteiger partial charge in [0, 0.05) is 13.1 Å². The molecule has 0 aliphatic rings. The van der Waals surface area contributed by atoms with Crippen molar-refractivity contribution < 1.29 is 9.59 Å². The smallest absolute Gasteiger partial charge is 0.313 e. The van der Waals surface area contributed by atoms with Gasteiger partial charge < -0.3 is 21.3 Å². The standard InChI is InChI=1S/C15H24N4O2/c1-4-19(5-2)9-8-17-14(20)15(21)18-13-10-11(3)6-7-12(13)16/h6-7,10H,4-5,8-9,16H2,1-3H3,(H,17,20)(H,18,21). The number of nitrogen functional groups attached to an aromatic ring is 1. The molecule has 0 saturated heterocycles. The van der Waals surface area contributed by atoms with Crippen LogP contribution >= 0.6 is 0 Å². The maximum atomic E-state index is 11.8. The zero-order chi connectivity index (χ0) is 15.8. The molecule has 0 aromatic heterocycles. The molecular weight excluding hydrogens is 268 g/mol. The molecule has 0 unspecified atom stereocenters. The van der Waals surface area contributed by atoms with Crippen molar-refractivity contribution in [1.82, 2.24) is 10.2 Å². The molecule has 1 aromatic carbocycles. The van der Waals surface area contributed by atoms with Crippen LogP contribution in [0.5, 0.6) is 0 Å². The minimum Gasteiger partial charge on any atom is -0.397 e. The maximum Gasteiger partial charge on any atom is 0.313 e. The minimum atomic E-state index is -0.702. The van der Waals surface area contributed by atoms with E-state index in [1.54, 1.807) is 12.1 Å². The first kappa shape index (κ1) is 17.0. The van der Waals surface area contributed by atoms with E-state index in [0.717, 1.165) is 25.2 Å². The molecule has 0 heterocycles. The lowest BCUT2D eigenvalue weighted by Gasteiger charge is -2.17. The predicted molar refractivity (Wildman–Crippen MR) is 85.0 cm³/mol. The molecule has 0 aliphatic heterocycles. The third kappa shape index (κ3) is 5.43. The van der Waals surface area contributed by atoms with Crippen LogP contribution in [0.25, 0.3) is 0 Å². The average Bonchev–Trinajstić information content (AvgIpc) is 2.47. The van der Waals surface area contributed by atoms with Crippen molar-refractivity contribution >= 4 is 23.2 Å².